The molecule has 2 heterocycles. The summed E-state index contributed by atoms with van der Waals surface area (Å²) in [6.45, 7) is 12.8. The van der Waals surface area contributed by atoms with Crippen molar-refractivity contribution in [3.05, 3.63) is 60.3 Å². The highest BCUT2D eigenvalue weighted by atomic mass is 16.5. The summed E-state index contributed by atoms with van der Waals surface area (Å²) in [5.41, 5.74) is 3.74. The van der Waals surface area contributed by atoms with Crippen LogP contribution in [-0.2, 0) is 4.74 Å². The lowest BCUT2D eigenvalue weighted by atomic mass is 9.79. The Hall–Kier alpha value is -2.79. The molecule has 0 bridgehead atoms. The van der Waals surface area contributed by atoms with Gasteiger partial charge in [0.15, 0.2) is 0 Å². The van der Waals surface area contributed by atoms with Crippen molar-refractivity contribution in [1.29, 1.82) is 0 Å². The Morgan fingerprint density at radius 1 is 0.970 bits per heavy atom. The highest BCUT2D eigenvalue weighted by Crippen LogP contribution is 2.44. The lowest BCUT2D eigenvalue weighted by molar-refractivity contribution is -0.162. The largest absolute Gasteiger partial charge is 0.494 e. The van der Waals surface area contributed by atoms with Crippen LogP contribution in [0.3, 0.4) is 0 Å². The van der Waals surface area contributed by atoms with Crippen LogP contribution in [0.15, 0.2) is 54.6 Å². The van der Waals surface area contributed by atoms with Crippen LogP contribution in [0.4, 0.5) is 0 Å². The van der Waals surface area contributed by atoms with Gasteiger partial charge in [0.1, 0.15) is 17.2 Å². The number of aromatic nitrogens is 2. The van der Waals surface area contributed by atoms with Crippen molar-refractivity contribution in [1.82, 2.24) is 9.78 Å². The van der Waals surface area contributed by atoms with Crippen LogP contribution in [0.25, 0.3) is 16.9 Å². The van der Waals surface area contributed by atoms with Crippen LogP contribution in [0.5, 0.6) is 11.5 Å². The van der Waals surface area contributed by atoms with Gasteiger partial charge in [-0.15, -0.1) is 0 Å². The number of rotatable bonds is 6. The molecule has 4 rings (SSSR count). The average Bonchev–Trinajstić information content (AvgIpc) is 3.17. The van der Waals surface area contributed by atoms with Gasteiger partial charge in [0.2, 0.25) is 0 Å². The van der Waals surface area contributed by atoms with E-state index in [1.165, 1.54) is 0 Å². The van der Waals surface area contributed by atoms with Crippen molar-refractivity contribution < 1.29 is 14.2 Å². The summed E-state index contributed by atoms with van der Waals surface area (Å²) < 4.78 is 19.9. The number of hydrogen-bond acceptors (Lipinski definition) is 4. The minimum Gasteiger partial charge on any atom is -0.494 e. The van der Waals surface area contributed by atoms with Crippen molar-refractivity contribution in [3.8, 4) is 28.4 Å². The molecular formula is C28H36N2O3. The highest BCUT2D eigenvalue weighted by Gasteiger charge is 2.41. The standard InChI is InChI=1S/C28H36N2O3/c1-19(2)32-22-14-12-20(13-15-22)25-16-23(21-17-27(3,4)33-28(5,6)18-21)29-30(25)24-10-8-9-11-26(24)31-7/h8-16,19,21H,17-18H2,1-7H3. The van der Waals surface area contributed by atoms with Crippen LogP contribution >= 0.6 is 0 Å². The maximum Gasteiger partial charge on any atom is 0.144 e. The number of benzene rings is 2. The molecule has 5 heteroatoms. The first-order valence-electron chi connectivity index (χ1n) is 11.8. The fraction of sp³-hybridized carbons (Fsp3) is 0.464. The summed E-state index contributed by atoms with van der Waals surface area (Å²) >= 11 is 0. The Labute approximate surface area is 197 Å². The highest BCUT2D eigenvalue weighted by molar-refractivity contribution is 5.65. The second-order valence-corrected chi connectivity index (χ2v) is 10.5. The third kappa shape index (κ3) is 5.25. The zero-order valence-electron chi connectivity index (χ0n) is 20.9. The molecule has 0 spiro atoms. The molecule has 1 saturated heterocycles. The Bertz CT molecular complexity index is 1080. The van der Waals surface area contributed by atoms with E-state index in [2.05, 4.69) is 45.9 Å². The van der Waals surface area contributed by atoms with Crippen molar-refractivity contribution in [2.75, 3.05) is 7.11 Å². The Morgan fingerprint density at radius 2 is 1.61 bits per heavy atom. The van der Waals surface area contributed by atoms with Gasteiger partial charge in [-0.05, 0) is 96.8 Å². The Balaban J connectivity index is 1.80. The zero-order valence-corrected chi connectivity index (χ0v) is 20.9. The first-order chi connectivity index (χ1) is 15.6. The molecule has 1 aliphatic rings. The molecule has 33 heavy (non-hydrogen) atoms. The van der Waals surface area contributed by atoms with Crippen molar-refractivity contribution in [3.63, 3.8) is 0 Å². The molecule has 1 aliphatic heterocycles. The molecule has 0 amide bonds. The molecule has 0 unspecified atom stereocenters. The van der Waals surface area contributed by atoms with Gasteiger partial charge in [-0.25, -0.2) is 4.68 Å². The van der Waals surface area contributed by atoms with E-state index < -0.39 is 0 Å². The van der Waals surface area contributed by atoms with Crippen LogP contribution in [0, 0.1) is 0 Å². The molecule has 3 aromatic rings. The summed E-state index contributed by atoms with van der Waals surface area (Å²) in [6.07, 6.45) is 2.00. The lowest BCUT2D eigenvalue weighted by Gasteiger charge is -2.45. The van der Waals surface area contributed by atoms with E-state index in [1.807, 2.05) is 54.9 Å². The van der Waals surface area contributed by atoms with Gasteiger partial charge in [0.25, 0.3) is 0 Å². The molecule has 0 saturated carbocycles. The van der Waals surface area contributed by atoms with Gasteiger partial charge in [-0.3, -0.25) is 0 Å². The molecular weight excluding hydrogens is 412 g/mol. The van der Waals surface area contributed by atoms with Gasteiger partial charge in [0, 0.05) is 11.5 Å². The van der Waals surface area contributed by atoms with E-state index >= 15 is 0 Å². The molecule has 0 radical (unpaired) electrons. The van der Waals surface area contributed by atoms with Crippen molar-refractivity contribution >= 4 is 0 Å². The van der Waals surface area contributed by atoms with Crippen LogP contribution in [-0.4, -0.2) is 34.2 Å². The Morgan fingerprint density at radius 3 is 2.21 bits per heavy atom. The van der Waals surface area contributed by atoms with Crippen LogP contribution < -0.4 is 9.47 Å². The van der Waals surface area contributed by atoms with Gasteiger partial charge in [0.05, 0.1) is 35.8 Å². The first kappa shape index (κ1) is 23.4. The topological polar surface area (TPSA) is 45.5 Å². The van der Waals surface area contributed by atoms with Crippen LogP contribution in [0.1, 0.15) is 66.0 Å². The Kier molecular flexibility index (Phi) is 6.28. The average molecular weight is 449 g/mol. The lowest BCUT2D eigenvalue weighted by Crippen LogP contribution is -2.44. The predicted octanol–water partition coefficient (Wildman–Crippen LogP) is 6.79. The second-order valence-electron chi connectivity index (χ2n) is 10.5. The molecule has 1 aromatic heterocycles. The minimum absolute atomic E-state index is 0.141. The minimum atomic E-state index is -0.198. The molecule has 0 aliphatic carbocycles. The van der Waals surface area contributed by atoms with Gasteiger partial charge in [-0.2, -0.15) is 5.10 Å². The quantitative estimate of drug-likeness (QED) is 0.417. The van der Waals surface area contributed by atoms with Gasteiger partial charge >= 0.3 is 0 Å². The number of nitrogens with zero attached hydrogens (tertiary/aromatic N) is 2. The van der Waals surface area contributed by atoms with E-state index in [-0.39, 0.29) is 17.3 Å². The summed E-state index contributed by atoms with van der Waals surface area (Å²) in [5.74, 6) is 1.97. The van der Waals surface area contributed by atoms with Gasteiger partial charge in [-0.1, -0.05) is 12.1 Å². The van der Waals surface area contributed by atoms with E-state index in [0.29, 0.717) is 5.92 Å². The van der Waals surface area contributed by atoms with Crippen molar-refractivity contribution in [2.45, 2.75) is 77.6 Å². The number of hydrogen-bond donors (Lipinski definition) is 0. The monoisotopic (exact) mass is 448 g/mol. The van der Waals surface area contributed by atoms with Crippen LogP contribution in [0.2, 0.25) is 0 Å². The SMILES string of the molecule is COc1ccccc1-n1nc(C2CC(C)(C)OC(C)(C)C2)cc1-c1ccc(OC(C)C)cc1. The summed E-state index contributed by atoms with van der Waals surface area (Å²) in [7, 11) is 1.70. The van der Waals surface area contributed by atoms with E-state index in [0.717, 1.165) is 47.0 Å². The molecule has 2 aromatic carbocycles. The zero-order chi connectivity index (χ0) is 23.8. The molecule has 176 valence electrons. The molecule has 5 nitrogen and oxygen atoms in total. The summed E-state index contributed by atoms with van der Waals surface area (Å²) in [4.78, 5) is 0. The fourth-order valence-corrected chi connectivity index (χ4v) is 5.07. The number of ether oxygens (including phenoxy) is 3. The summed E-state index contributed by atoms with van der Waals surface area (Å²) in [6, 6.07) is 18.5. The summed E-state index contributed by atoms with van der Waals surface area (Å²) in [5, 5.41) is 5.14. The third-order valence-electron chi connectivity index (χ3n) is 6.01. The normalized spacial score (nSPS) is 17.8. The second kappa shape index (κ2) is 8.86. The van der Waals surface area contributed by atoms with E-state index in [4.69, 9.17) is 19.3 Å². The number of methoxy groups -OCH3 is 1. The predicted molar refractivity (Wildman–Crippen MR) is 133 cm³/mol. The maximum atomic E-state index is 6.33. The molecule has 1 fully saturated rings. The molecule has 0 atom stereocenters. The molecule has 0 N–H and O–H groups in total. The van der Waals surface area contributed by atoms with E-state index in [9.17, 15) is 0 Å². The maximum absolute atomic E-state index is 6.33. The third-order valence-corrected chi connectivity index (χ3v) is 6.01. The van der Waals surface area contributed by atoms with E-state index in [1.54, 1.807) is 7.11 Å². The first-order valence-corrected chi connectivity index (χ1v) is 11.8. The van der Waals surface area contributed by atoms with Crippen molar-refractivity contribution in [2.24, 2.45) is 0 Å². The fourth-order valence-electron chi connectivity index (χ4n) is 5.07. The van der Waals surface area contributed by atoms with Gasteiger partial charge < -0.3 is 14.2 Å². The smallest absolute Gasteiger partial charge is 0.144 e. The number of para-hydroxylation sites is 2.